The summed E-state index contributed by atoms with van der Waals surface area (Å²) in [4.78, 5) is 0. The van der Waals surface area contributed by atoms with E-state index in [4.69, 9.17) is 0 Å². The van der Waals surface area contributed by atoms with Gasteiger partial charge >= 0.3 is 0 Å². The van der Waals surface area contributed by atoms with Crippen LogP contribution in [0.4, 0.5) is 8.78 Å². The minimum absolute atomic E-state index is 0.0170. The minimum atomic E-state index is -1.11. The van der Waals surface area contributed by atoms with Gasteiger partial charge in [-0.1, -0.05) is 13.0 Å². The normalized spacial score (nSPS) is 14.6. The largest absolute Gasteiger partial charge is 0.390 e. The predicted molar refractivity (Wildman–Crippen MR) is 63.8 cm³/mol. The molecule has 96 valence electrons. The first-order chi connectivity index (χ1) is 7.96. The second-order valence-electron chi connectivity index (χ2n) is 4.48. The molecule has 2 N–H and O–H groups in total. The van der Waals surface area contributed by atoms with Crippen LogP contribution in [0.5, 0.6) is 0 Å². The molecule has 0 heterocycles. The molecule has 1 aromatic carbocycles. The fourth-order valence-corrected chi connectivity index (χ4v) is 1.70. The maximum atomic E-state index is 13.4. The molecule has 2 nitrogen and oxygen atoms in total. The number of nitrogens with one attached hydrogen (secondary N) is 1. The highest BCUT2D eigenvalue weighted by Crippen LogP contribution is 2.21. The van der Waals surface area contributed by atoms with Gasteiger partial charge in [0.05, 0.1) is 5.60 Å². The summed E-state index contributed by atoms with van der Waals surface area (Å²) in [6.45, 7) is 4.99. The Bertz CT molecular complexity index is 346. The van der Waals surface area contributed by atoms with Crippen molar-refractivity contribution >= 4 is 0 Å². The van der Waals surface area contributed by atoms with Crippen LogP contribution in [0.15, 0.2) is 18.2 Å². The Morgan fingerprint density at radius 3 is 2.41 bits per heavy atom. The van der Waals surface area contributed by atoms with Crippen molar-refractivity contribution in [3.8, 4) is 0 Å². The molecule has 0 spiro atoms. The van der Waals surface area contributed by atoms with E-state index in [1.165, 1.54) is 18.2 Å². The number of hydrogen-bond acceptors (Lipinski definition) is 2. The molecule has 1 aromatic rings. The van der Waals surface area contributed by atoms with Crippen LogP contribution in [0.2, 0.25) is 0 Å². The molecular formula is C13H19F2NO. The smallest absolute Gasteiger partial charge is 0.129 e. The second kappa shape index (κ2) is 6.07. The molecule has 1 unspecified atom stereocenters. The zero-order valence-electron chi connectivity index (χ0n) is 10.3. The Balaban J connectivity index is 2.69. The summed E-state index contributed by atoms with van der Waals surface area (Å²) in [5.74, 6) is -1.21. The number of aliphatic hydroxyl groups is 1. The summed E-state index contributed by atoms with van der Waals surface area (Å²) >= 11 is 0. The Morgan fingerprint density at radius 1 is 1.29 bits per heavy atom. The van der Waals surface area contributed by atoms with Gasteiger partial charge in [-0.25, -0.2) is 8.78 Å². The van der Waals surface area contributed by atoms with E-state index in [2.05, 4.69) is 5.32 Å². The van der Waals surface area contributed by atoms with Crippen molar-refractivity contribution in [1.82, 2.24) is 5.32 Å². The van der Waals surface area contributed by atoms with Crippen molar-refractivity contribution in [3.05, 3.63) is 35.4 Å². The average Bonchev–Trinajstić information content (AvgIpc) is 2.24. The highest BCUT2D eigenvalue weighted by Gasteiger charge is 2.24. The third-order valence-electron chi connectivity index (χ3n) is 2.71. The minimum Gasteiger partial charge on any atom is -0.390 e. The number of hydrogen-bond donors (Lipinski definition) is 2. The van der Waals surface area contributed by atoms with Crippen LogP contribution in [-0.2, 0) is 6.42 Å². The number of rotatable bonds is 6. The lowest BCUT2D eigenvalue weighted by Gasteiger charge is -2.24. The van der Waals surface area contributed by atoms with Gasteiger partial charge < -0.3 is 10.4 Å². The van der Waals surface area contributed by atoms with Gasteiger partial charge in [0.25, 0.3) is 0 Å². The quantitative estimate of drug-likeness (QED) is 0.751. The first-order valence-corrected chi connectivity index (χ1v) is 5.82. The van der Waals surface area contributed by atoms with E-state index < -0.39 is 17.2 Å². The average molecular weight is 243 g/mol. The van der Waals surface area contributed by atoms with Crippen molar-refractivity contribution in [2.24, 2.45) is 0 Å². The van der Waals surface area contributed by atoms with Gasteiger partial charge in [0.15, 0.2) is 0 Å². The summed E-state index contributed by atoms with van der Waals surface area (Å²) < 4.78 is 26.8. The van der Waals surface area contributed by atoms with E-state index in [0.29, 0.717) is 13.0 Å². The standard InChI is InChI=1S/C13H19F2NO/c1-3-16-8-7-13(2,17)9-10-11(14)5-4-6-12(10)15/h4-6,16-17H,3,7-9H2,1-2H3. The summed E-state index contributed by atoms with van der Waals surface area (Å²) in [6.07, 6.45) is 0.436. The lowest BCUT2D eigenvalue weighted by molar-refractivity contribution is 0.0499. The molecule has 0 radical (unpaired) electrons. The Hall–Kier alpha value is -1.00. The van der Waals surface area contributed by atoms with Gasteiger partial charge in [-0.2, -0.15) is 0 Å². The Kier molecular flexibility index (Phi) is 5.02. The van der Waals surface area contributed by atoms with Crippen LogP contribution in [0, 0.1) is 11.6 Å². The predicted octanol–water partition coefficient (Wildman–Crippen LogP) is 2.26. The van der Waals surface area contributed by atoms with Crippen molar-refractivity contribution < 1.29 is 13.9 Å². The Morgan fingerprint density at radius 2 is 1.88 bits per heavy atom. The van der Waals surface area contributed by atoms with E-state index in [1.807, 2.05) is 6.92 Å². The van der Waals surface area contributed by atoms with Crippen LogP contribution in [0.1, 0.15) is 25.8 Å². The molecule has 0 aromatic heterocycles. The third-order valence-corrected chi connectivity index (χ3v) is 2.71. The van der Waals surface area contributed by atoms with Crippen molar-refractivity contribution in [3.63, 3.8) is 0 Å². The van der Waals surface area contributed by atoms with Crippen LogP contribution in [-0.4, -0.2) is 23.8 Å². The van der Waals surface area contributed by atoms with Crippen molar-refractivity contribution in [2.45, 2.75) is 32.3 Å². The molecule has 0 aliphatic rings. The van der Waals surface area contributed by atoms with Gasteiger partial charge in [0, 0.05) is 12.0 Å². The second-order valence-corrected chi connectivity index (χ2v) is 4.48. The van der Waals surface area contributed by atoms with Crippen molar-refractivity contribution in [2.75, 3.05) is 13.1 Å². The summed E-state index contributed by atoms with van der Waals surface area (Å²) in [6, 6.07) is 3.74. The fraction of sp³-hybridized carbons (Fsp3) is 0.538. The van der Waals surface area contributed by atoms with E-state index in [0.717, 1.165) is 6.54 Å². The van der Waals surface area contributed by atoms with E-state index in [1.54, 1.807) is 6.92 Å². The zero-order valence-corrected chi connectivity index (χ0v) is 10.3. The summed E-state index contributed by atoms with van der Waals surface area (Å²) in [5, 5.41) is 13.1. The first kappa shape index (κ1) is 14.1. The maximum absolute atomic E-state index is 13.4. The van der Waals surface area contributed by atoms with Gasteiger partial charge in [-0.3, -0.25) is 0 Å². The number of benzene rings is 1. The van der Waals surface area contributed by atoms with E-state index in [-0.39, 0.29) is 12.0 Å². The molecule has 0 aliphatic carbocycles. The highest BCUT2D eigenvalue weighted by atomic mass is 19.1. The molecule has 0 aliphatic heterocycles. The van der Waals surface area contributed by atoms with Gasteiger partial charge in [-0.15, -0.1) is 0 Å². The lowest BCUT2D eigenvalue weighted by atomic mass is 9.92. The monoisotopic (exact) mass is 243 g/mol. The van der Waals surface area contributed by atoms with Gasteiger partial charge in [0.1, 0.15) is 11.6 Å². The molecule has 0 fully saturated rings. The van der Waals surface area contributed by atoms with Crippen LogP contribution in [0.3, 0.4) is 0 Å². The molecule has 1 rings (SSSR count). The molecule has 17 heavy (non-hydrogen) atoms. The highest BCUT2D eigenvalue weighted by molar-refractivity contribution is 5.21. The topological polar surface area (TPSA) is 32.3 Å². The summed E-state index contributed by atoms with van der Waals surface area (Å²) in [7, 11) is 0. The maximum Gasteiger partial charge on any atom is 0.129 e. The van der Waals surface area contributed by atoms with E-state index in [9.17, 15) is 13.9 Å². The molecular weight excluding hydrogens is 224 g/mol. The Labute approximate surface area is 101 Å². The molecule has 1 atom stereocenters. The van der Waals surface area contributed by atoms with Crippen molar-refractivity contribution in [1.29, 1.82) is 0 Å². The third kappa shape index (κ3) is 4.40. The molecule has 0 saturated heterocycles. The molecule has 0 saturated carbocycles. The number of halogens is 2. The van der Waals surface area contributed by atoms with Crippen LogP contribution < -0.4 is 5.32 Å². The van der Waals surface area contributed by atoms with Gasteiger partial charge in [0.2, 0.25) is 0 Å². The van der Waals surface area contributed by atoms with E-state index >= 15 is 0 Å². The molecule has 0 amide bonds. The van der Waals surface area contributed by atoms with Crippen LogP contribution >= 0.6 is 0 Å². The molecule has 0 bridgehead atoms. The molecule has 4 heteroatoms. The fourth-order valence-electron chi connectivity index (χ4n) is 1.70. The SMILES string of the molecule is CCNCCC(C)(O)Cc1c(F)cccc1F. The first-order valence-electron chi connectivity index (χ1n) is 5.82. The van der Waals surface area contributed by atoms with Gasteiger partial charge in [-0.05, 0) is 38.6 Å². The zero-order chi connectivity index (χ0) is 12.9. The lowest BCUT2D eigenvalue weighted by Crippen LogP contribution is -2.32. The summed E-state index contributed by atoms with van der Waals surface area (Å²) in [5.41, 5.74) is -1.15. The van der Waals surface area contributed by atoms with Crippen LogP contribution in [0.25, 0.3) is 0 Å².